The van der Waals surface area contributed by atoms with Gasteiger partial charge in [-0.15, -0.1) is 12.4 Å². The van der Waals surface area contributed by atoms with Gasteiger partial charge in [0.25, 0.3) is 5.91 Å². The van der Waals surface area contributed by atoms with E-state index in [9.17, 15) is 22.8 Å². The number of nitrogens with two attached hydrogens (primary N) is 1. The molecule has 0 spiro atoms. The molecule has 2 aromatic rings. The van der Waals surface area contributed by atoms with E-state index in [1.807, 2.05) is 0 Å². The summed E-state index contributed by atoms with van der Waals surface area (Å²) in [6.07, 6.45) is -3.24. The quantitative estimate of drug-likeness (QED) is 0.796. The first-order valence-electron chi connectivity index (χ1n) is 8.41. The zero-order valence-electron chi connectivity index (χ0n) is 14.8. The second kappa shape index (κ2) is 8.62. The van der Waals surface area contributed by atoms with Gasteiger partial charge in [-0.3, -0.25) is 9.59 Å². The lowest BCUT2D eigenvalue weighted by Gasteiger charge is -2.16. The molecular formula is C19H19ClF3N3O2. The first kappa shape index (κ1) is 21.7. The van der Waals surface area contributed by atoms with Crippen molar-refractivity contribution in [3.8, 4) is 0 Å². The van der Waals surface area contributed by atoms with Gasteiger partial charge >= 0.3 is 6.18 Å². The van der Waals surface area contributed by atoms with Crippen molar-refractivity contribution in [2.45, 2.75) is 25.6 Å². The Labute approximate surface area is 166 Å². The Hall–Kier alpha value is -2.58. The molecule has 2 aromatic carbocycles. The minimum atomic E-state index is -4.53. The van der Waals surface area contributed by atoms with Crippen LogP contribution < -0.4 is 16.0 Å². The molecule has 9 heteroatoms. The Morgan fingerprint density at radius 2 is 1.82 bits per heavy atom. The summed E-state index contributed by atoms with van der Waals surface area (Å²) in [6.45, 7) is 0.557. The molecule has 28 heavy (non-hydrogen) atoms. The summed E-state index contributed by atoms with van der Waals surface area (Å²) in [4.78, 5) is 25.8. The Kier molecular flexibility index (Phi) is 6.69. The molecule has 0 aliphatic carbocycles. The third kappa shape index (κ3) is 4.82. The molecule has 3 rings (SSSR count). The molecule has 0 aromatic heterocycles. The summed E-state index contributed by atoms with van der Waals surface area (Å²) >= 11 is 0. The lowest BCUT2D eigenvalue weighted by atomic mass is 10.1. The highest BCUT2D eigenvalue weighted by Gasteiger charge is 2.31. The number of nitrogens with zero attached hydrogens (tertiary/aromatic N) is 1. The standard InChI is InChI=1S/C19H18F3N3O2.ClH/c20-19(21,22)14-8-12(11-23)9-15(10-14)24-18(27)13-3-5-16(6-4-13)25-7-1-2-17(25)26;/h3-6,8-10H,1-2,7,11,23H2,(H,24,27);1H. The SMILES string of the molecule is Cl.NCc1cc(NC(=O)c2ccc(N3CCCC3=O)cc2)cc(C(F)(F)F)c1. The average molecular weight is 414 g/mol. The van der Waals surface area contributed by atoms with Gasteiger partial charge in [0.05, 0.1) is 5.56 Å². The molecule has 0 unspecified atom stereocenters. The summed E-state index contributed by atoms with van der Waals surface area (Å²) in [7, 11) is 0. The largest absolute Gasteiger partial charge is 0.416 e. The van der Waals surface area contributed by atoms with Gasteiger partial charge in [0.15, 0.2) is 0 Å². The van der Waals surface area contributed by atoms with Crippen molar-refractivity contribution in [3.05, 3.63) is 59.2 Å². The summed E-state index contributed by atoms with van der Waals surface area (Å²) in [6, 6.07) is 9.60. The minimum absolute atomic E-state index is 0. The Morgan fingerprint density at radius 3 is 2.36 bits per heavy atom. The number of alkyl halides is 3. The minimum Gasteiger partial charge on any atom is -0.326 e. The fraction of sp³-hybridized carbons (Fsp3) is 0.263. The van der Waals surface area contributed by atoms with Crippen LogP contribution in [0.3, 0.4) is 0 Å². The van der Waals surface area contributed by atoms with E-state index in [0.717, 1.165) is 18.6 Å². The lowest BCUT2D eigenvalue weighted by Crippen LogP contribution is -2.23. The normalized spacial score (nSPS) is 14.0. The molecule has 150 valence electrons. The van der Waals surface area contributed by atoms with Crippen LogP contribution in [0.4, 0.5) is 24.5 Å². The van der Waals surface area contributed by atoms with Gasteiger partial charge in [-0.05, 0) is 54.4 Å². The van der Waals surface area contributed by atoms with Gasteiger partial charge in [0.2, 0.25) is 5.91 Å². The average Bonchev–Trinajstić information content (AvgIpc) is 3.06. The van der Waals surface area contributed by atoms with E-state index in [2.05, 4.69) is 5.32 Å². The van der Waals surface area contributed by atoms with Crippen molar-refractivity contribution < 1.29 is 22.8 Å². The van der Waals surface area contributed by atoms with Gasteiger partial charge < -0.3 is 16.0 Å². The lowest BCUT2D eigenvalue weighted by molar-refractivity contribution is -0.137. The number of hydrogen-bond acceptors (Lipinski definition) is 3. The first-order chi connectivity index (χ1) is 12.8. The van der Waals surface area contributed by atoms with E-state index in [4.69, 9.17) is 5.73 Å². The van der Waals surface area contributed by atoms with Crippen LogP contribution in [-0.4, -0.2) is 18.4 Å². The number of benzene rings is 2. The van der Waals surface area contributed by atoms with E-state index in [0.29, 0.717) is 18.7 Å². The number of halogens is 4. The van der Waals surface area contributed by atoms with Crippen molar-refractivity contribution in [3.63, 3.8) is 0 Å². The number of carbonyl (C=O) groups is 2. The van der Waals surface area contributed by atoms with Crippen LogP contribution in [0.1, 0.15) is 34.3 Å². The van der Waals surface area contributed by atoms with Gasteiger partial charge in [-0.1, -0.05) is 0 Å². The van der Waals surface area contributed by atoms with Crippen molar-refractivity contribution in [1.82, 2.24) is 0 Å². The molecule has 0 bridgehead atoms. The Balaban J connectivity index is 0.00000280. The highest BCUT2D eigenvalue weighted by molar-refractivity contribution is 6.05. The first-order valence-corrected chi connectivity index (χ1v) is 8.41. The summed E-state index contributed by atoms with van der Waals surface area (Å²) < 4.78 is 38.9. The van der Waals surface area contributed by atoms with Crippen molar-refractivity contribution in [2.24, 2.45) is 5.73 Å². The number of carbonyl (C=O) groups excluding carboxylic acids is 2. The summed E-state index contributed by atoms with van der Waals surface area (Å²) in [5, 5.41) is 2.47. The number of amides is 2. The van der Waals surface area contributed by atoms with E-state index >= 15 is 0 Å². The van der Waals surface area contributed by atoms with Crippen LogP contribution in [0.2, 0.25) is 0 Å². The second-order valence-corrected chi connectivity index (χ2v) is 6.27. The van der Waals surface area contributed by atoms with Crippen LogP contribution >= 0.6 is 12.4 Å². The smallest absolute Gasteiger partial charge is 0.326 e. The van der Waals surface area contributed by atoms with Crippen LogP contribution in [0.25, 0.3) is 0 Å². The monoisotopic (exact) mass is 413 g/mol. The molecular weight excluding hydrogens is 395 g/mol. The highest BCUT2D eigenvalue weighted by Crippen LogP contribution is 2.32. The molecule has 5 nitrogen and oxygen atoms in total. The molecule has 0 saturated carbocycles. The number of hydrogen-bond donors (Lipinski definition) is 2. The van der Waals surface area contributed by atoms with Crippen molar-refractivity contribution in [2.75, 3.05) is 16.8 Å². The Morgan fingerprint density at radius 1 is 1.14 bits per heavy atom. The van der Waals surface area contributed by atoms with E-state index in [1.54, 1.807) is 17.0 Å². The fourth-order valence-corrected chi connectivity index (χ4v) is 2.96. The third-order valence-corrected chi connectivity index (χ3v) is 4.33. The van der Waals surface area contributed by atoms with Crippen LogP contribution in [0.5, 0.6) is 0 Å². The zero-order valence-corrected chi connectivity index (χ0v) is 15.6. The predicted molar refractivity (Wildman–Crippen MR) is 103 cm³/mol. The van der Waals surface area contributed by atoms with Gasteiger partial charge in [-0.2, -0.15) is 13.2 Å². The topological polar surface area (TPSA) is 75.4 Å². The van der Waals surface area contributed by atoms with Gasteiger partial charge in [-0.25, -0.2) is 0 Å². The summed E-state index contributed by atoms with van der Waals surface area (Å²) in [5.41, 5.74) is 5.83. The van der Waals surface area contributed by atoms with E-state index in [1.165, 1.54) is 18.2 Å². The maximum Gasteiger partial charge on any atom is 0.416 e. The van der Waals surface area contributed by atoms with Crippen LogP contribution in [0.15, 0.2) is 42.5 Å². The van der Waals surface area contributed by atoms with E-state index in [-0.39, 0.29) is 41.7 Å². The van der Waals surface area contributed by atoms with Crippen molar-refractivity contribution >= 4 is 35.6 Å². The molecule has 0 radical (unpaired) electrons. The van der Waals surface area contributed by atoms with Crippen LogP contribution in [-0.2, 0) is 17.5 Å². The maximum atomic E-state index is 13.0. The van der Waals surface area contributed by atoms with Crippen molar-refractivity contribution in [1.29, 1.82) is 0 Å². The molecule has 0 atom stereocenters. The Bertz CT molecular complexity index is 870. The molecule has 3 N–H and O–H groups in total. The maximum absolute atomic E-state index is 13.0. The number of rotatable bonds is 4. The molecule has 1 aliphatic rings. The molecule has 1 aliphatic heterocycles. The fourth-order valence-electron chi connectivity index (χ4n) is 2.96. The molecule has 1 fully saturated rings. The zero-order chi connectivity index (χ0) is 19.6. The third-order valence-electron chi connectivity index (χ3n) is 4.33. The summed E-state index contributed by atoms with van der Waals surface area (Å²) in [5.74, 6) is -0.512. The number of anilines is 2. The predicted octanol–water partition coefficient (Wildman–Crippen LogP) is 3.97. The molecule has 2 amide bonds. The van der Waals surface area contributed by atoms with Gasteiger partial charge in [0.1, 0.15) is 0 Å². The highest BCUT2D eigenvalue weighted by atomic mass is 35.5. The number of nitrogens with one attached hydrogen (secondary N) is 1. The van der Waals surface area contributed by atoms with Gasteiger partial charge in [0, 0.05) is 36.4 Å². The van der Waals surface area contributed by atoms with Crippen LogP contribution in [0, 0.1) is 0 Å². The van der Waals surface area contributed by atoms with E-state index < -0.39 is 17.6 Å². The second-order valence-electron chi connectivity index (χ2n) is 6.27. The molecule has 1 saturated heterocycles. The molecule has 1 heterocycles.